The summed E-state index contributed by atoms with van der Waals surface area (Å²) in [7, 11) is 0. The van der Waals surface area contributed by atoms with Crippen LogP contribution in [0.3, 0.4) is 0 Å². The monoisotopic (exact) mass is 1900 g/mol. The van der Waals surface area contributed by atoms with Gasteiger partial charge in [0.05, 0.1) is 16.7 Å². The molecular formula is C137H117N3O6. The van der Waals surface area contributed by atoms with E-state index in [1.165, 1.54) is 134 Å². The number of hydrogen-bond donors (Lipinski definition) is 0. The van der Waals surface area contributed by atoms with Crippen LogP contribution in [0.4, 0.5) is 51.2 Å². The van der Waals surface area contributed by atoms with Crippen molar-refractivity contribution in [3.8, 4) is 84.0 Å². The van der Waals surface area contributed by atoms with Crippen LogP contribution in [0.1, 0.15) is 238 Å². The summed E-state index contributed by atoms with van der Waals surface area (Å²) in [5.74, 6) is -0.107. The lowest BCUT2D eigenvalue weighted by Gasteiger charge is -2.34. The van der Waals surface area contributed by atoms with Gasteiger partial charge in [0, 0.05) is 89.1 Å². The molecule has 24 rings (SSSR count). The van der Waals surface area contributed by atoms with Crippen LogP contribution in [0.5, 0.6) is 17.2 Å². The van der Waals surface area contributed by atoms with Gasteiger partial charge in [-0.05, 0) is 378 Å². The molecule has 0 atom stereocenters. The molecular weight excluding hydrogens is 1780 g/mol. The molecule has 18 aromatic rings. The van der Waals surface area contributed by atoms with E-state index in [4.69, 9.17) is 14.2 Å². The van der Waals surface area contributed by atoms with Crippen molar-refractivity contribution in [2.75, 3.05) is 14.7 Å². The number of fused-ring (bicyclic) bond motifs is 18. The van der Waals surface area contributed by atoms with E-state index in [0.717, 1.165) is 101 Å². The number of nitrogens with zero attached hydrogens (tertiary/aromatic N) is 3. The topological polar surface area (TPSA) is 88.6 Å². The molecule has 0 saturated carbocycles. The molecule has 18 aromatic carbocycles. The molecule has 0 aromatic heterocycles. The number of anilines is 9. The highest BCUT2D eigenvalue weighted by molar-refractivity contribution is 5.99. The minimum Gasteiger partial charge on any atom is -0.422 e. The fourth-order valence-corrected chi connectivity index (χ4v) is 25.7. The third kappa shape index (κ3) is 14.2. The molecule has 716 valence electrons. The molecule has 9 nitrogen and oxygen atoms in total. The molecule has 146 heavy (non-hydrogen) atoms. The minimum atomic E-state index is -0.968. The number of esters is 3. The van der Waals surface area contributed by atoms with Crippen molar-refractivity contribution in [2.24, 2.45) is 0 Å². The maximum absolute atomic E-state index is 15.1. The summed E-state index contributed by atoms with van der Waals surface area (Å²) < 4.78 is 20.0. The number of aryl methyl sites for hydroxylation is 6. The van der Waals surface area contributed by atoms with Gasteiger partial charge in [-0.1, -0.05) is 301 Å². The predicted molar refractivity (Wildman–Crippen MR) is 597 cm³/mol. The van der Waals surface area contributed by atoms with Crippen molar-refractivity contribution in [3.05, 3.63) is 498 Å². The third-order valence-corrected chi connectivity index (χ3v) is 33.7. The Morgan fingerprint density at radius 1 is 0.192 bits per heavy atom. The molecule has 0 aliphatic heterocycles. The summed E-state index contributed by atoms with van der Waals surface area (Å²) in [4.78, 5) is 52.3. The first kappa shape index (κ1) is 92.2. The Labute approximate surface area is 857 Å². The summed E-state index contributed by atoms with van der Waals surface area (Å²) in [5.41, 5.74) is 45.2. The second-order valence-corrected chi connectivity index (χ2v) is 44.7. The van der Waals surface area contributed by atoms with Gasteiger partial charge in [0.15, 0.2) is 0 Å². The van der Waals surface area contributed by atoms with E-state index in [2.05, 4.69) is 396 Å². The van der Waals surface area contributed by atoms with Crippen molar-refractivity contribution in [2.45, 2.75) is 169 Å². The second-order valence-electron chi connectivity index (χ2n) is 44.7. The smallest absolute Gasteiger partial charge is 0.343 e. The van der Waals surface area contributed by atoms with E-state index < -0.39 is 23.3 Å². The number of benzene rings is 18. The summed E-state index contributed by atoms with van der Waals surface area (Å²) >= 11 is 0. The summed E-state index contributed by atoms with van der Waals surface area (Å²) in [6.07, 6.45) is 0. The minimum absolute atomic E-state index is 0.240. The van der Waals surface area contributed by atoms with Crippen LogP contribution in [0.15, 0.2) is 364 Å². The van der Waals surface area contributed by atoms with Gasteiger partial charge in [-0.25, -0.2) is 14.4 Å². The maximum Gasteiger partial charge on any atom is 0.343 e. The maximum atomic E-state index is 15.1. The van der Waals surface area contributed by atoms with Gasteiger partial charge in [-0.3, -0.25) is 0 Å². The molecule has 0 fully saturated rings. The van der Waals surface area contributed by atoms with Crippen LogP contribution in [-0.2, 0) is 37.9 Å². The first-order chi connectivity index (χ1) is 70.0. The Morgan fingerprint density at radius 3 is 0.514 bits per heavy atom. The van der Waals surface area contributed by atoms with Crippen LogP contribution in [-0.4, -0.2) is 17.9 Å². The van der Waals surface area contributed by atoms with Gasteiger partial charge in [0.1, 0.15) is 17.2 Å². The van der Waals surface area contributed by atoms with Gasteiger partial charge in [-0.2, -0.15) is 0 Å². The number of rotatable bonds is 18. The third-order valence-electron chi connectivity index (χ3n) is 33.7. The Kier molecular flexibility index (Phi) is 21.1. The molecule has 0 spiro atoms. The van der Waals surface area contributed by atoms with Crippen molar-refractivity contribution < 1.29 is 28.6 Å². The Hall–Kier alpha value is -16.2. The van der Waals surface area contributed by atoms with Gasteiger partial charge in [0.2, 0.25) is 0 Å². The molecule has 0 amide bonds. The molecule has 0 bridgehead atoms. The SMILES string of the molecule is Cc1cc(C(C)(c2cc(C)c(OC(=O)c3ccc(N(c4ccc5c(c4)C(C)(C)c4ccccc4-5)c4ccc5c(c4)C(C)(C)c4ccccc4-5)cc3)c(C)c2)c2cc(C)c(OC(=O)c3ccc(N(c4ccc5c(c4)C(C)(C)c4ccccc4-5)c4ccc5c(c4)C(C)(C)c4ccccc4-5)cc3)c(C)c2)cc(C)c1OC(=O)c1ccc(N(c2ccc3c(c2)C(C)(C)c2ccccc2-3)c2ccc3c(c2)C(C)(C)c2ccccc2-3)cc1. The number of carbonyl (C=O) groups is 3. The van der Waals surface area contributed by atoms with Gasteiger partial charge in [-0.15, -0.1) is 0 Å². The Morgan fingerprint density at radius 2 is 0.342 bits per heavy atom. The van der Waals surface area contributed by atoms with E-state index in [9.17, 15) is 0 Å². The van der Waals surface area contributed by atoms with Crippen LogP contribution >= 0.6 is 0 Å². The van der Waals surface area contributed by atoms with E-state index in [-0.39, 0.29) is 32.5 Å². The van der Waals surface area contributed by atoms with E-state index >= 15 is 14.4 Å². The zero-order valence-corrected chi connectivity index (χ0v) is 86.4. The lowest BCUT2D eigenvalue weighted by molar-refractivity contribution is 0.0723. The zero-order chi connectivity index (χ0) is 101. The van der Waals surface area contributed by atoms with Crippen molar-refractivity contribution in [3.63, 3.8) is 0 Å². The van der Waals surface area contributed by atoms with E-state index in [1.54, 1.807) is 0 Å². The van der Waals surface area contributed by atoms with Gasteiger partial charge < -0.3 is 28.9 Å². The van der Waals surface area contributed by atoms with Crippen molar-refractivity contribution in [1.29, 1.82) is 0 Å². The highest BCUT2D eigenvalue weighted by Gasteiger charge is 2.45. The first-order valence-electron chi connectivity index (χ1n) is 51.2. The van der Waals surface area contributed by atoms with Gasteiger partial charge in [0.25, 0.3) is 0 Å². The van der Waals surface area contributed by atoms with Crippen molar-refractivity contribution >= 4 is 69.1 Å². The lowest BCUT2D eigenvalue weighted by Crippen LogP contribution is -2.27. The summed E-state index contributed by atoms with van der Waals surface area (Å²) in [6.45, 7) is 42.0. The molecule has 9 heteroatoms. The standard InChI is InChI=1S/C137H117N3O6/c1-80-68-89(69-81(2)125(80)144-128(141)86-44-50-92(51-45-86)138(95-56-62-107-101-32-20-26-38-113(101)131(7,8)119(107)74-95)96-57-63-108-102-33-21-27-39-114(102)132(9,10)120(108)75-96)137(19,90-70-82(3)126(83(4)71-90)145-129(142)87-46-52-93(53-47-87)139(97-58-64-109-103-34-22-28-40-115(103)133(11,12)121(109)76-97)98-59-65-110-104-35-23-29-41-116(104)134(13,14)122(110)77-98)91-72-84(5)127(85(6)73-91)146-130(143)88-48-54-94(55-49-88)140(99-60-66-111-105-36-24-30-42-117(105)135(15,16)123(111)78-99)100-61-67-112-106-37-25-31-43-118(106)136(17,18)124(112)79-100/h20-79H,1-19H3. The largest absolute Gasteiger partial charge is 0.422 e. The molecule has 0 unspecified atom stereocenters. The highest BCUT2D eigenvalue weighted by Crippen LogP contribution is 2.60. The number of ether oxygens (including phenoxy) is 3. The Bertz CT molecular complexity index is 7430. The van der Waals surface area contributed by atoms with E-state index in [0.29, 0.717) is 33.9 Å². The predicted octanol–water partition coefficient (Wildman–Crippen LogP) is 34.8. The molecule has 0 N–H and O–H groups in total. The van der Waals surface area contributed by atoms with Gasteiger partial charge >= 0.3 is 17.9 Å². The summed E-state index contributed by atoms with van der Waals surface area (Å²) in [6, 6.07) is 130. The average Bonchev–Trinajstić information content (AvgIpc) is 1.54. The Balaban J connectivity index is 0.558. The molecule has 6 aliphatic rings. The van der Waals surface area contributed by atoms with Crippen LogP contribution in [0, 0.1) is 41.5 Å². The molecule has 0 radical (unpaired) electrons. The average molecular weight is 1900 g/mol. The fraction of sp³-hybridized carbons (Fsp3) is 0.190. The van der Waals surface area contributed by atoms with Crippen LogP contribution < -0.4 is 28.9 Å². The zero-order valence-electron chi connectivity index (χ0n) is 86.4. The number of hydrogen-bond acceptors (Lipinski definition) is 9. The van der Waals surface area contributed by atoms with Crippen LogP contribution in [0.25, 0.3) is 66.8 Å². The second kappa shape index (κ2) is 33.4. The molecule has 6 aliphatic carbocycles. The van der Waals surface area contributed by atoms with E-state index in [1.807, 2.05) is 114 Å². The number of carbonyl (C=O) groups excluding carboxylic acids is 3. The first-order valence-corrected chi connectivity index (χ1v) is 51.2. The molecule has 0 saturated heterocycles. The van der Waals surface area contributed by atoms with Crippen molar-refractivity contribution in [1.82, 2.24) is 0 Å². The normalized spacial score (nSPS) is 14.8. The van der Waals surface area contributed by atoms with Crippen LogP contribution in [0.2, 0.25) is 0 Å². The lowest BCUT2D eigenvalue weighted by atomic mass is 9.69. The fourth-order valence-electron chi connectivity index (χ4n) is 25.7. The highest BCUT2D eigenvalue weighted by atomic mass is 16.5. The summed E-state index contributed by atoms with van der Waals surface area (Å²) in [5, 5.41) is 0. The molecule has 0 heterocycles. The quantitative estimate of drug-likeness (QED) is 0.0473.